The van der Waals surface area contributed by atoms with Gasteiger partial charge in [0.25, 0.3) is 5.56 Å². The predicted molar refractivity (Wildman–Crippen MR) is 137 cm³/mol. The highest BCUT2D eigenvalue weighted by molar-refractivity contribution is 7.80. The van der Waals surface area contributed by atoms with Crippen molar-refractivity contribution < 1.29 is 4.74 Å². The Balaban J connectivity index is 1.83. The van der Waals surface area contributed by atoms with Gasteiger partial charge in [-0.3, -0.25) is 4.79 Å². The maximum atomic E-state index is 12.9. The predicted octanol–water partition coefficient (Wildman–Crippen LogP) is 4.30. The van der Waals surface area contributed by atoms with E-state index >= 15 is 0 Å². The molecular formula is C25H32N4O2S. The number of nitrogens with zero attached hydrogens (tertiary/aromatic N) is 2. The summed E-state index contributed by atoms with van der Waals surface area (Å²) < 4.78 is 5.51. The Morgan fingerprint density at radius 3 is 2.47 bits per heavy atom. The highest BCUT2D eigenvalue weighted by atomic mass is 32.1. The molecule has 0 aliphatic heterocycles. The van der Waals surface area contributed by atoms with E-state index in [0.29, 0.717) is 30.4 Å². The first kappa shape index (κ1) is 23.8. The van der Waals surface area contributed by atoms with Crippen LogP contribution in [0.2, 0.25) is 0 Å². The molecule has 0 spiro atoms. The molecule has 0 atom stereocenters. The molecule has 7 heteroatoms. The first-order valence-corrected chi connectivity index (χ1v) is 11.2. The van der Waals surface area contributed by atoms with Crippen LogP contribution in [0.5, 0.6) is 5.75 Å². The molecule has 0 saturated heterocycles. The molecule has 1 aromatic heterocycles. The van der Waals surface area contributed by atoms with Gasteiger partial charge >= 0.3 is 0 Å². The second kappa shape index (κ2) is 10.6. The Morgan fingerprint density at radius 2 is 1.81 bits per heavy atom. The Bertz CT molecular complexity index is 1140. The summed E-state index contributed by atoms with van der Waals surface area (Å²) in [6.45, 7) is 8.61. The molecule has 3 aromatic rings. The number of ether oxygens (including phenoxy) is 1. The quantitative estimate of drug-likeness (QED) is 0.497. The second-order valence-corrected chi connectivity index (χ2v) is 8.59. The number of thiocarbonyl (C=S) groups is 1. The molecule has 0 fully saturated rings. The summed E-state index contributed by atoms with van der Waals surface area (Å²) in [4.78, 5) is 20.1. The summed E-state index contributed by atoms with van der Waals surface area (Å²) in [5.74, 6) is 0.821. The number of aromatic nitrogens is 1. The zero-order valence-electron chi connectivity index (χ0n) is 19.5. The zero-order valence-corrected chi connectivity index (χ0v) is 20.3. The number of rotatable bonds is 8. The van der Waals surface area contributed by atoms with Crippen molar-refractivity contribution in [3.63, 3.8) is 0 Å². The van der Waals surface area contributed by atoms with E-state index in [0.717, 1.165) is 40.0 Å². The molecule has 1 heterocycles. The standard InChI is InChI=1S/C25H32N4O2S/c1-6-31-22-11-9-21(10-12-22)26-25(32)29(14-13-28(4)5)16-20-15-19-8-7-17(2)18(3)23(19)27-24(20)30/h7-12,15H,6,13-14,16H2,1-5H3,(H,26,32)(H,27,30). The van der Waals surface area contributed by atoms with Gasteiger partial charge in [-0.15, -0.1) is 0 Å². The number of aryl methyl sites for hydroxylation is 2. The Labute approximate surface area is 195 Å². The third kappa shape index (κ3) is 5.87. The smallest absolute Gasteiger partial charge is 0.253 e. The molecular weight excluding hydrogens is 420 g/mol. The van der Waals surface area contributed by atoms with Gasteiger partial charge in [0.05, 0.1) is 18.7 Å². The van der Waals surface area contributed by atoms with Crippen LogP contribution in [0.4, 0.5) is 5.69 Å². The summed E-state index contributed by atoms with van der Waals surface area (Å²) in [6.07, 6.45) is 0. The van der Waals surface area contributed by atoms with Crippen LogP contribution in [0.15, 0.2) is 47.3 Å². The van der Waals surface area contributed by atoms with Crippen molar-refractivity contribution in [1.82, 2.24) is 14.8 Å². The van der Waals surface area contributed by atoms with E-state index in [9.17, 15) is 4.79 Å². The zero-order chi connectivity index (χ0) is 23.3. The van der Waals surface area contributed by atoms with E-state index < -0.39 is 0 Å². The Hall–Kier alpha value is -2.90. The van der Waals surface area contributed by atoms with Crippen molar-refractivity contribution in [1.29, 1.82) is 0 Å². The number of fused-ring (bicyclic) bond motifs is 1. The fraction of sp³-hybridized carbons (Fsp3) is 0.360. The lowest BCUT2D eigenvalue weighted by Gasteiger charge is -2.27. The second-order valence-electron chi connectivity index (χ2n) is 8.21. The van der Waals surface area contributed by atoms with E-state index in [1.807, 2.05) is 63.2 Å². The molecule has 2 aromatic carbocycles. The monoisotopic (exact) mass is 452 g/mol. The molecule has 6 nitrogen and oxygen atoms in total. The van der Waals surface area contributed by atoms with E-state index in [2.05, 4.69) is 34.3 Å². The summed E-state index contributed by atoms with van der Waals surface area (Å²) >= 11 is 5.72. The molecule has 0 unspecified atom stereocenters. The summed E-state index contributed by atoms with van der Waals surface area (Å²) in [7, 11) is 4.05. The minimum absolute atomic E-state index is 0.0788. The first-order valence-electron chi connectivity index (χ1n) is 10.8. The molecule has 32 heavy (non-hydrogen) atoms. The lowest BCUT2D eigenvalue weighted by molar-refractivity contribution is 0.327. The summed E-state index contributed by atoms with van der Waals surface area (Å²) in [6, 6.07) is 13.8. The van der Waals surface area contributed by atoms with E-state index in [1.165, 1.54) is 0 Å². The van der Waals surface area contributed by atoms with Crippen LogP contribution in [-0.2, 0) is 6.54 Å². The number of pyridine rings is 1. The van der Waals surface area contributed by atoms with Crippen molar-refractivity contribution in [3.8, 4) is 5.75 Å². The molecule has 0 saturated carbocycles. The lowest BCUT2D eigenvalue weighted by atomic mass is 10.0. The van der Waals surface area contributed by atoms with Gasteiger partial charge in [0.1, 0.15) is 5.75 Å². The Morgan fingerprint density at radius 1 is 1.09 bits per heavy atom. The minimum atomic E-state index is -0.0788. The highest BCUT2D eigenvalue weighted by Gasteiger charge is 2.15. The molecule has 0 amide bonds. The number of hydrogen-bond acceptors (Lipinski definition) is 4. The van der Waals surface area contributed by atoms with Gasteiger partial charge in [0.2, 0.25) is 0 Å². The van der Waals surface area contributed by atoms with Crippen LogP contribution in [-0.4, -0.2) is 53.7 Å². The maximum absolute atomic E-state index is 12.9. The topological polar surface area (TPSA) is 60.6 Å². The van der Waals surface area contributed by atoms with Crippen LogP contribution in [0.1, 0.15) is 23.6 Å². The van der Waals surface area contributed by atoms with Crippen LogP contribution >= 0.6 is 12.2 Å². The molecule has 3 rings (SSSR count). The number of nitrogens with one attached hydrogen (secondary N) is 2. The number of hydrogen-bond donors (Lipinski definition) is 2. The van der Waals surface area contributed by atoms with Crippen molar-refractivity contribution in [2.24, 2.45) is 0 Å². The van der Waals surface area contributed by atoms with Gasteiger partial charge < -0.3 is 24.8 Å². The third-order valence-corrected chi connectivity index (χ3v) is 5.87. The molecule has 0 bridgehead atoms. The van der Waals surface area contributed by atoms with E-state index in [-0.39, 0.29) is 5.56 Å². The van der Waals surface area contributed by atoms with Crippen LogP contribution in [0.25, 0.3) is 10.9 Å². The van der Waals surface area contributed by atoms with Crippen LogP contribution in [0.3, 0.4) is 0 Å². The van der Waals surface area contributed by atoms with Crippen molar-refractivity contribution in [2.75, 3.05) is 39.1 Å². The number of benzene rings is 2. The average molecular weight is 453 g/mol. The van der Waals surface area contributed by atoms with Crippen molar-refractivity contribution in [2.45, 2.75) is 27.3 Å². The van der Waals surface area contributed by atoms with Gasteiger partial charge in [0.15, 0.2) is 5.11 Å². The lowest BCUT2D eigenvalue weighted by Crippen LogP contribution is -2.40. The van der Waals surface area contributed by atoms with E-state index in [1.54, 1.807) is 0 Å². The molecule has 170 valence electrons. The molecule has 0 radical (unpaired) electrons. The van der Waals surface area contributed by atoms with Crippen molar-refractivity contribution >= 4 is 33.9 Å². The fourth-order valence-electron chi connectivity index (χ4n) is 3.47. The largest absolute Gasteiger partial charge is 0.494 e. The van der Waals surface area contributed by atoms with Crippen molar-refractivity contribution in [3.05, 3.63) is 69.5 Å². The normalized spacial score (nSPS) is 11.1. The van der Waals surface area contributed by atoms with Gasteiger partial charge in [-0.1, -0.05) is 12.1 Å². The van der Waals surface area contributed by atoms with Crippen LogP contribution in [0, 0.1) is 13.8 Å². The third-order valence-electron chi connectivity index (χ3n) is 5.51. The van der Waals surface area contributed by atoms with Gasteiger partial charge in [-0.25, -0.2) is 0 Å². The van der Waals surface area contributed by atoms with Gasteiger partial charge in [-0.2, -0.15) is 0 Å². The first-order chi connectivity index (χ1) is 15.3. The molecule has 0 aliphatic carbocycles. The number of likely N-dealkylation sites (N-methyl/N-ethyl adjacent to an activating group) is 1. The number of H-pyrrole nitrogens is 1. The SMILES string of the molecule is CCOc1ccc(NC(=S)N(CCN(C)C)Cc2cc3ccc(C)c(C)c3[nH]c2=O)cc1. The Kier molecular flexibility index (Phi) is 7.88. The van der Waals surface area contributed by atoms with Gasteiger partial charge in [0, 0.05) is 24.3 Å². The minimum Gasteiger partial charge on any atom is -0.494 e. The highest BCUT2D eigenvalue weighted by Crippen LogP contribution is 2.20. The van der Waals surface area contributed by atoms with Gasteiger partial charge in [-0.05, 0) is 93.9 Å². The number of anilines is 1. The number of aromatic amines is 1. The van der Waals surface area contributed by atoms with E-state index in [4.69, 9.17) is 17.0 Å². The molecule has 0 aliphatic rings. The fourth-order valence-corrected chi connectivity index (χ4v) is 3.74. The maximum Gasteiger partial charge on any atom is 0.253 e. The summed E-state index contributed by atoms with van der Waals surface area (Å²) in [5.41, 5.74) is 4.65. The summed E-state index contributed by atoms with van der Waals surface area (Å²) in [5, 5.41) is 4.91. The van der Waals surface area contributed by atoms with Crippen LogP contribution < -0.4 is 15.6 Å². The molecule has 2 N–H and O–H groups in total. The average Bonchev–Trinajstić information content (AvgIpc) is 2.76.